The molecule has 0 saturated carbocycles. The summed E-state index contributed by atoms with van der Waals surface area (Å²) in [5.41, 5.74) is 1.64. The highest BCUT2D eigenvalue weighted by Gasteiger charge is 2.29. The summed E-state index contributed by atoms with van der Waals surface area (Å²) >= 11 is 3.39. The van der Waals surface area contributed by atoms with Crippen LogP contribution in [-0.4, -0.2) is 34.0 Å². The number of benzene rings is 2. The van der Waals surface area contributed by atoms with Crippen molar-refractivity contribution in [3.8, 4) is 5.75 Å². The molecule has 4 rings (SSSR count). The summed E-state index contributed by atoms with van der Waals surface area (Å²) in [4.78, 5) is 31.9. The molecule has 150 valence electrons. The van der Waals surface area contributed by atoms with E-state index in [0.717, 1.165) is 35.2 Å². The Labute approximate surface area is 177 Å². The van der Waals surface area contributed by atoms with Gasteiger partial charge in [-0.3, -0.25) is 14.2 Å². The molecule has 1 aromatic heterocycles. The lowest BCUT2D eigenvalue weighted by Crippen LogP contribution is -2.32. The van der Waals surface area contributed by atoms with Crippen LogP contribution in [0.25, 0.3) is 10.9 Å². The number of amides is 1. The maximum atomic E-state index is 12.9. The number of rotatable bonds is 5. The van der Waals surface area contributed by atoms with E-state index in [1.807, 2.05) is 35.2 Å². The number of hydrogen-bond acceptors (Lipinski definition) is 4. The molecule has 1 aliphatic rings. The molecule has 0 bridgehead atoms. The first kappa shape index (κ1) is 19.6. The van der Waals surface area contributed by atoms with Crippen LogP contribution in [0.15, 0.2) is 58.1 Å². The average Bonchev–Trinajstić information content (AvgIpc) is 3.23. The van der Waals surface area contributed by atoms with Crippen LogP contribution in [0.1, 0.15) is 30.9 Å². The SMILES string of the molecule is COc1ccc([C@@H]2CCCN2C(=O)CCn2cnc3ccc(Br)cc3c2=O)cc1. The summed E-state index contributed by atoms with van der Waals surface area (Å²) in [6.07, 6.45) is 3.72. The van der Waals surface area contributed by atoms with Gasteiger partial charge in [-0.1, -0.05) is 28.1 Å². The van der Waals surface area contributed by atoms with E-state index in [-0.39, 0.29) is 23.9 Å². The molecule has 29 heavy (non-hydrogen) atoms. The Bertz CT molecular complexity index is 1090. The zero-order chi connectivity index (χ0) is 20.4. The third-order valence-electron chi connectivity index (χ3n) is 5.43. The topological polar surface area (TPSA) is 64.4 Å². The van der Waals surface area contributed by atoms with Gasteiger partial charge in [0.15, 0.2) is 0 Å². The van der Waals surface area contributed by atoms with Gasteiger partial charge in [-0.05, 0) is 48.7 Å². The lowest BCUT2D eigenvalue weighted by Gasteiger charge is -2.25. The van der Waals surface area contributed by atoms with Gasteiger partial charge in [-0.15, -0.1) is 0 Å². The van der Waals surface area contributed by atoms with Gasteiger partial charge in [0.2, 0.25) is 5.91 Å². The summed E-state index contributed by atoms with van der Waals surface area (Å²) in [7, 11) is 1.64. The quantitative estimate of drug-likeness (QED) is 0.584. The molecular formula is C22H22BrN3O3. The van der Waals surface area contributed by atoms with Crippen LogP contribution in [0.3, 0.4) is 0 Å². The Morgan fingerprint density at radius 1 is 1.24 bits per heavy atom. The van der Waals surface area contributed by atoms with E-state index >= 15 is 0 Å². The van der Waals surface area contributed by atoms with Crippen molar-refractivity contribution in [1.29, 1.82) is 0 Å². The van der Waals surface area contributed by atoms with Crippen molar-refractivity contribution < 1.29 is 9.53 Å². The van der Waals surface area contributed by atoms with Crippen LogP contribution >= 0.6 is 15.9 Å². The highest BCUT2D eigenvalue weighted by molar-refractivity contribution is 9.10. The van der Waals surface area contributed by atoms with Gasteiger partial charge in [0, 0.05) is 24.0 Å². The molecule has 1 saturated heterocycles. The fourth-order valence-corrected chi connectivity index (χ4v) is 4.25. The van der Waals surface area contributed by atoms with Gasteiger partial charge in [0.1, 0.15) is 5.75 Å². The minimum atomic E-state index is -0.128. The normalized spacial score (nSPS) is 16.3. The van der Waals surface area contributed by atoms with Crippen LogP contribution in [0, 0.1) is 0 Å². The van der Waals surface area contributed by atoms with Crippen molar-refractivity contribution in [2.24, 2.45) is 0 Å². The maximum absolute atomic E-state index is 12.9. The number of fused-ring (bicyclic) bond motifs is 1. The fourth-order valence-electron chi connectivity index (χ4n) is 3.89. The second-order valence-electron chi connectivity index (χ2n) is 7.17. The van der Waals surface area contributed by atoms with E-state index in [0.29, 0.717) is 17.4 Å². The fraction of sp³-hybridized carbons (Fsp3) is 0.318. The Morgan fingerprint density at radius 3 is 2.79 bits per heavy atom. The highest BCUT2D eigenvalue weighted by atomic mass is 79.9. The van der Waals surface area contributed by atoms with Crippen LogP contribution < -0.4 is 10.3 Å². The molecule has 3 aromatic rings. The van der Waals surface area contributed by atoms with E-state index in [9.17, 15) is 9.59 Å². The molecule has 1 atom stereocenters. The molecule has 6 nitrogen and oxygen atoms in total. The predicted molar refractivity (Wildman–Crippen MR) is 115 cm³/mol. The van der Waals surface area contributed by atoms with Gasteiger partial charge in [-0.2, -0.15) is 0 Å². The van der Waals surface area contributed by atoms with Crippen molar-refractivity contribution in [2.45, 2.75) is 31.8 Å². The van der Waals surface area contributed by atoms with Crippen molar-refractivity contribution in [3.05, 3.63) is 69.2 Å². The Hall–Kier alpha value is -2.67. The molecule has 0 radical (unpaired) electrons. The first-order chi connectivity index (χ1) is 14.1. The molecule has 1 fully saturated rings. The molecule has 7 heteroatoms. The Morgan fingerprint density at radius 2 is 2.03 bits per heavy atom. The van der Waals surface area contributed by atoms with Gasteiger partial charge in [0.05, 0.1) is 30.4 Å². The zero-order valence-corrected chi connectivity index (χ0v) is 17.8. The number of halogens is 1. The number of ether oxygens (including phenoxy) is 1. The minimum Gasteiger partial charge on any atom is -0.497 e. The van der Waals surface area contributed by atoms with Crippen molar-refractivity contribution in [2.75, 3.05) is 13.7 Å². The summed E-state index contributed by atoms with van der Waals surface area (Å²) in [6, 6.07) is 13.4. The predicted octanol–water partition coefficient (Wildman–Crippen LogP) is 3.92. The van der Waals surface area contributed by atoms with Gasteiger partial charge in [-0.25, -0.2) is 4.98 Å². The molecule has 2 heterocycles. The molecule has 0 N–H and O–H groups in total. The van der Waals surface area contributed by atoms with Crippen LogP contribution in [0.5, 0.6) is 5.75 Å². The second-order valence-corrected chi connectivity index (χ2v) is 8.09. The number of hydrogen-bond donors (Lipinski definition) is 0. The van der Waals surface area contributed by atoms with E-state index in [4.69, 9.17) is 4.74 Å². The van der Waals surface area contributed by atoms with E-state index in [1.54, 1.807) is 19.2 Å². The van der Waals surface area contributed by atoms with E-state index in [1.165, 1.54) is 10.9 Å². The molecular weight excluding hydrogens is 434 g/mol. The number of likely N-dealkylation sites (tertiary alicyclic amines) is 1. The molecule has 0 aliphatic carbocycles. The maximum Gasteiger partial charge on any atom is 0.261 e. The first-order valence-corrected chi connectivity index (χ1v) is 10.4. The van der Waals surface area contributed by atoms with Crippen LogP contribution in [-0.2, 0) is 11.3 Å². The number of nitrogens with zero attached hydrogens (tertiary/aromatic N) is 3. The minimum absolute atomic E-state index is 0.0598. The molecule has 2 aromatic carbocycles. The van der Waals surface area contributed by atoms with Crippen molar-refractivity contribution in [3.63, 3.8) is 0 Å². The molecule has 0 spiro atoms. The second kappa shape index (κ2) is 8.37. The lowest BCUT2D eigenvalue weighted by molar-refractivity contribution is -0.132. The highest BCUT2D eigenvalue weighted by Crippen LogP contribution is 2.33. The standard InChI is InChI=1S/C22H22BrN3O3/c1-29-17-7-4-15(5-8-17)20-3-2-11-26(20)21(27)10-12-25-14-24-19-9-6-16(23)13-18(19)22(25)28/h4-9,13-14,20H,2-3,10-12H2,1H3/t20-/m0/s1. The first-order valence-electron chi connectivity index (χ1n) is 9.65. The van der Waals surface area contributed by atoms with Crippen LogP contribution in [0.4, 0.5) is 0 Å². The number of aryl methyl sites for hydroxylation is 1. The van der Waals surface area contributed by atoms with Gasteiger partial charge < -0.3 is 9.64 Å². The van der Waals surface area contributed by atoms with E-state index < -0.39 is 0 Å². The average molecular weight is 456 g/mol. The molecule has 1 amide bonds. The van der Waals surface area contributed by atoms with Gasteiger partial charge >= 0.3 is 0 Å². The van der Waals surface area contributed by atoms with E-state index in [2.05, 4.69) is 20.9 Å². The van der Waals surface area contributed by atoms with Crippen LogP contribution in [0.2, 0.25) is 0 Å². The summed E-state index contributed by atoms with van der Waals surface area (Å²) in [6.45, 7) is 1.06. The Balaban J connectivity index is 1.48. The Kier molecular flexibility index (Phi) is 5.67. The number of methoxy groups -OCH3 is 1. The third kappa shape index (κ3) is 4.05. The molecule has 1 aliphatic heterocycles. The summed E-state index contributed by atoms with van der Waals surface area (Å²) in [5, 5.41) is 0.548. The summed E-state index contributed by atoms with van der Waals surface area (Å²) < 4.78 is 7.57. The summed E-state index contributed by atoms with van der Waals surface area (Å²) in [5.74, 6) is 0.865. The largest absolute Gasteiger partial charge is 0.497 e. The van der Waals surface area contributed by atoms with Crippen molar-refractivity contribution in [1.82, 2.24) is 14.5 Å². The smallest absolute Gasteiger partial charge is 0.261 e. The number of carbonyl (C=O) groups excluding carboxylic acids is 1. The molecule has 0 unspecified atom stereocenters. The number of carbonyl (C=O) groups is 1. The monoisotopic (exact) mass is 455 g/mol. The zero-order valence-electron chi connectivity index (χ0n) is 16.2. The third-order valence-corrected chi connectivity index (χ3v) is 5.92. The van der Waals surface area contributed by atoms with Crippen molar-refractivity contribution >= 4 is 32.7 Å². The lowest BCUT2D eigenvalue weighted by atomic mass is 10.0. The van der Waals surface area contributed by atoms with Gasteiger partial charge in [0.25, 0.3) is 5.56 Å². The number of aromatic nitrogens is 2.